The summed E-state index contributed by atoms with van der Waals surface area (Å²) in [5.41, 5.74) is 0.541. The van der Waals surface area contributed by atoms with E-state index in [0.29, 0.717) is 0 Å². The number of carbonyl (C=O) groups is 1. The molecule has 0 saturated carbocycles. The number of nitrogens with zero attached hydrogens (tertiary/aromatic N) is 4. The quantitative estimate of drug-likeness (QED) is 0.680. The Morgan fingerprint density at radius 1 is 1.12 bits per heavy atom. The van der Waals surface area contributed by atoms with Crippen LogP contribution < -0.4 is 4.74 Å². The van der Waals surface area contributed by atoms with Crippen LogP contribution in [0.25, 0.3) is 10.8 Å². The molecule has 0 bridgehead atoms. The molecule has 25 heavy (non-hydrogen) atoms. The van der Waals surface area contributed by atoms with Crippen LogP contribution >= 0.6 is 0 Å². The summed E-state index contributed by atoms with van der Waals surface area (Å²) in [4.78, 5) is 13.5. The minimum Gasteiger partial charge on any atom is -0.497 e. The largest absolute Gasteiger partial charge is 0.497 e. The molecule has 130 valence electrons. The van der Waals surface area contributed by atoms with E-state index in [2.05, 4.69) is 15.4 Å². The Hall–Kier alpha value is -2.96. The molecule has 0 N–H and O–H groups in total. The van der Waals surface area contributed by atoms with E-state index in [9.17, 15) is 4.79 Å². The lowest BCUT2D eigenvalue weighted by Gasteiger charge is -2.15. The Balaban J connectivity index is 1.69. The standard InChI is InChI=1S/C18H20N4O3/c1-18(2,3)22-20-16(19-21-22)17(23)25-11-12-5-6-14-10-15(24-4)8-7-13(14)9-12/h5-10H,11H2,1-4H3. The molecule has 3 aromatic rings. The molecule has 7 nitrogen and oxygen atoms in total. The predicted molar refractivity (Wildman–Crippen MR) is 92.4 cm³/mol. The van der Waals surface area contributed by atoms with Gasteiger partial charge >= 0.3 is 5.97 Å². The molecule has 0 aliphatic rings. The monoisotopic (exact) mass is 340 g/mol. The van der Waals surface area contributed by atoms with E-state index in [4.69, 9.17) is 9.47 Å². The summed E-state index contributed by atoms with van der Waals surface area (Å²) in [6, 6.07) is 11.7. The number of aromatic nitrogens is 4. The van der Waals surface area contributed by atoms with Crippen LogP contribution in [0.4, 0.5) is 0 Å². The SMILES string of the molecule is COc1ccc2cc(COC(=O)c3nnn(C(C)(C)C)n3)ccc2c1. The summed E-state index contributed by atoms with van der Waals surface area (Å²) in [6.07, 6.45) is 0. The highest BCUT2D eigenvalue weighted by Crippen LogP contribution is 2.22. The molecule has 1 aromatic heterocycles. The summed E-state index contributed by atoms with van der Waals surface area (Å²) < 4.78 is 10.5. The number of methoxy groups -OCH3 is 1. The van der Waals surface area contributed by atoms with Crippen molar-refractivity contribution in [3.8, 4) is 5.75 Å². The van der Waals surface area contributed by atoms with E-state index in [1.165, 1.54) is 4.80 Å². The Kier molecular flexibility index (Phi) is 4.39. The van der Waals surface area contributed by atoms with Crippen molar-refractivity contribution in [1.29, 1.82) is 0 Å². The van der Waals surface area contributed by atoms with Gasteiger partial charge in [0, 0.05) is 0 Å². The molecule has 0 aliphatic heterocycles. The average Bonchev–Trinajstić information content (AvgIpc) is 3.09. The van der Waals surface area contributed by atoms with Crippen molar-refractivity contribution in [3.63, 3.8) is 0 Å². The van der Waals surface area contributed by atoms with E-state index in [0.717, 1.165) is 22.1 Å². The second-order valence-corrected chi connectivity index (χ2v) is 6.70. The van der Waals surface area contributed by atoms with Gasteiger partial charge in [0.25, 0.3) is 5.82 Å². The Labute approximate surface area is 145 Å². The molecule has 0 saturated heterocycles. The van der Waals surface area contributed by atoms with E-state index in [1.807, 2.05) is 57.2 Å². The van der Waals surface area contributed by atoms with Gasteiger partial charge in [0.1, 0.15) is 12.4 Å². The molecule has 0 spiro atoms. The highest BCUT2D eigenvalue weighted by atomic mass is 16.5. The molecule has 0 aliphatic carbocycles. The topological polar surface area (TPSA) is 79.1 Å². The smallest absolute Gasteiger partial charge is 0.380 e. The highest BCUT2D eigenvalue weighted by molar-refractivity contribution is 5.85. The summed E-state index contributed by atoms with van der Waals surface area (Å²) >= 11 is 0. The molecular formula is C18H20N4O3. The second-order valence-electron chi connectivity index (χ2n) is 6.70. The van der Waals surface area contributed by atoms with E-state index >= 15 is 0 Å². The Bertz CT molecular complexity index is 912. The van der Waals surface area contributed by atoms with Crippen molar-refractivity contribution in [2.24, 2.45) is 0 Å². The van der Waals surface area contributed by atoms with Crippen LogP contribution in [0.1, 0.15) is 37.0 Å². The number of hydrogen-bond acceptors (Lipinski definition) is 6. The third-order valence-electron chi connectivity index (χ3n) is 3.68. The number of rotatable bonds is 4. The minimum atomic E-state index is -0.592. The van der Waals surface area contributed by atoms with Gasteiger partial charge in [-0.05, 0) is 60.5 Å². The maximum Gasteiger partial charge on any atom is 0.380 e. The molecule has 0 amide bonds. The summed E-state index contributed by atoms with van der Waals surface area (Å²) in [6.45, 7) is 5.92. The molecule has 2 aromatic carbocycles. The third-order valence-corrected chi connectivity index (χ3v) is 3.68. The summed E-state index contributed by atoms with van der Waals surface area (Å²) in [7, 11) is 1.64. The van der Waals surface area contributed by atoms with Gasteiger partial charge in [-0.2, -0.15) is 4.80 Å². The lowest BCUT2D eigenvalue weighted by Crippen LogP contribution is -2.25. The van der Waals surface area contributed by atoms with E-state index in [-0.39, 0.29) is 18.0 Å². The Morgan fingerprint density at radius 3 is 2.52 bits per heavy atom. The number of benzene rings is 2. The van der Waals surface area contributed by atoms with Gasteiger partial charge in [-0.15, -0.1) is 10.2 Å². The van der Waals surface area contributed by atoms with Gasteiger partial charge < -0.3 is 9.47 Å². The fraction of sp³-hybridized carbons (Fsp3) is 0.333. The summed E-state index contributed by atoms with van der Waals surface area (Å²) in [5.74, 6) is 0.172. The highest BCUT2D eigenvalue weighted by Gasteiger charge is 2.21. The first-order valence-corrected chi connectivity index (χ1v) is 7.91. The van der Waals surface area contributed by atoms with Gasteiger partial charge in [-0.1, -0.05) is 18.2 Å². The molecule has 0 radical (unpaired) electrons. The van der Waals surface area contributed by atoms with Crippen LogP contribution in [0, 0.1) is 0 Å². The van der Waals surface area contributed by atoms with Crippen molar-refractivity contribution >= 4 is 16.7 Å². The zero-order chi connectivity index (χ0) is 18.0. The number of esters is 1. The van der Waals surface area contributed by atoms with Crippen LogP contribution in [0.5, 0.6) is 5.75 Å². The average molecular weight is 340 g/mol. The van der Waals surface area contributed by atoms with Crippen LogP contribution in [0.3, 0.4) is 0 Å². The van der Waals surface area contributed by atoms with Crippen molar-refractivity contribution in [1.82, 2.24) is 20.2 Å². The van der Waals surface area contributed by atoms with Crippen LogP contribution in [-0.2, 0) is 16.9 Å². The zero-order valence-corrected chi connectivity index (χ0v) is 14.7. The molecule has 1 heterocycles. The van der Waals surface area contributed by atoms with Gasteiger partial charge in [0.2, 0.25) is 0 Å². The summed E-state index contributed by atoms with van der Waals surface area (Å²) in [5, 5.41) is 13.8. The lowest BCUT2D eigenvalue weighted by atomic mass is 10.1. The molecule has 0 unspecified atom stereocenters. The normalized spacial score (nSPS) is 11.5. The number of carbonyl (C=O) groups excluding carboxylic acids is 1. The number of fused-ring (bicyclic) bond motifs is 1. The van der Waals surface area contributed by atoms with Crippen molar-refractivity contribution in [2.45, 2.75) is 32.9 Å². The fourth-order valence-electron chi connectivity index (χ4n) is 2.28. The maximum absolute atomic E-state index is 12.1. The molecule has 3 rings (SSSR count). The maximum atomic E-state index is 12.1. The van der Waals surface area contributed by atoms with Crippen molar-refractivity contribution in [3.05, 3.63) is 47.8 Å². The molecule has 0 fully saturated rings. The van der Waals surface area contributed by atoms with Crippen LogP contribution in [0.2, 0.25) is 0 Å². The zero-order valence-electron chi connectivity index (χ0n) is 14.7. The second kappa shape index (κ2) is 6.51. The number of ether oxygens (including phenoxy) is 2. The first-order valence-electron chi connectivity index (χ1n) is 7.91. The third kappa shape index (κ3) is 3.76. The Morgan fingerprint density at radius 2 is 1.84 bits per heavy atom. The van der Waals surface area contributed by atoms with Gasteiger partial charge in [-0.3, -0.25) is 0 Å². The lowest BCUT2D eigenvalue weighted by molar-refractivity contribution is 0.0457. The first-order chi connectivity index (χ1) is 11.9. The van der Waals surface area contributed by atoms with Gasteiger partial charge in [-0.25, -0.2) is 4.79 Å². The van der Waals surface area contributed by atoms with E-state index < -0.39 is 5.97 Å². The predicted octanol–water partition coefficient (Wildman–Crippen LogP) is 2.95. The van der Waals surface area contributed by atoms with Gasteiger partial charge in [0.15, 0.2) is 0 Å². The van der Waals surface area contributed by atoms with Gasteiger partial charge in [0.05, 0.1) is 12.6 Å². The molecule has 7 heteroatoms. The first kappa shape index (κ1) is 16.9. The number of tetrazole rings is 1. The van der Waals surface area contributed by atoms with Crippen LogP contribution in [-0.4, -0.2) is 33.3 Å². The van der Waals surface area contributed by atoms with Crippen molar-refractivity contribution < 1.29 is 14.3 Å². The van der Waals surface area contributed by atoms with Crippen molar-refractivity contribution in [2.75, 3.05) is 7.11 Å². The molecular weight excluding hydrogens is 320 g/mol. The minimum absolute atomic E-state index is 0.0412. The molecule has 0 atom stereocenters. The number of hydrogen-bond donors (Lipinski definition) is 0. The van der Waals surface area contributed by atoms with Crippen LogP contribution in [0.15, 0.2) is 36.4 Å². The van der Waals surface area contributed by atoms with E-state index in [1.54, 1.807) is 7.11 Å². The fourth-order valence-corrected chi connectivity index (χ4v) is 2.28.